The van der Waals surface area contributed by atoms with Crippen molar-refractivity contribution in [1.29, 1.82) is 0 Å². The van der Waals surface area contributed by atoms with E-state index in [2.05, 4.69) is 27.0 Å². The van der Waals surface area contributed by atoms with Gasteiger partial charge in [-0.1, -0.05) is 18.2 Å². The van der Waals surface area contributed by atoms with Gasteiger partial charge in [0.15, 0.2) is 0 Å². The number of anilines is 1. The van der Waals surface area contributed by atoms with Crippen molar-refractivity contribution in [1.82, 2.24) is 14.9 Å². The predicted octanol–water partition coefficient (Wildman–Crippen LogP) is 2.56. The van der Waals surface area contributed by atoms with Gasteiger partial charge in [0.1, 0.15) is 10.7 Å². The number of nitrogens with zero attached hydrogens (tertiary/aromatic N) is 3. The monoisotopic (exact) mass is 368 g/mol. The van der Waals surface area contributed by atoms with E-state index >= 15 is 0 Å². The highest BCUT2D eigenvalue weighted by Gasteiger charge is 2.26. The van der Waals surface area contributed by atoms with E-state index in [1.807, 2.05) is 30.0 Å². The molecule has 0 bridgehead atoms. The van der Waals surface area contributed by atoms with Gasteiger partial charge in [0.25, 0.3) is 11.5 Å². The number of amides is 1. The molecule has 0 aliphatic carbocycles. The molecule has 3 heterocycles. The number of nitrogens with one attached hydrogen (secondary N) is 1. The number of aromatic amines is 1. The number of rotatable bonds is 2. The van der Waals surface area contributed by atoms with Gasteiger partial charge in [0.05, 0.1) is 10.3 Å². The Morgan fingerprint density at radius 3 is 2.50 bits per heavy atom. The SMILES string of the molecule is Cc1nc2sc(C(=O)N3CCN(c4ccccc4)CC3)c(C)c2c(=O)[nH]1. The van der Waals surface area contributed by atoms with Gasteiger partial charge < -0.3 is 14.8 Å². The first-order valence-electron chi connectivity index (χ1n) is 8.64. The van der Waals surface area contributed by atoms with E-state index in [0.717, 1.165) is 18.7 Å². The zero-order valence-corrected chi connectivity index (χ0v) is 15.6. The van der Waals surface area contributed by atoms with Crippen LogP contribution in [0.3, 0.4) is 0 Å². The molecule has 0 unspecified atom stereocenters. The second-order valence-corrected chi connectivity index (χ2v) is 7.50. The Bertz CT molecular complexity index is 1020. The molecule has 1 saturated heterocycles. The molecular weight excluding hydrogens is 348 g/mol. The summed E-state index contributed by atoms with van der Waals surface area (Å²) in [5.41, 5.74) is 1.74. The van der Waals surface area contributed by atoms with E-state index in [4.69, 9.17) is 0 Å². The molecule has 6 nitrogen and oxygen atoms in total. The van der Waals surface area contributed by atoms with Crippen molar-refractivity contribution < 1.29 is 4.79 Å². The van der Waals surface area contributed by atoms with Crippen molar-refractivity contribution in [3.05, 3.63) is 57.0 Å². The number of carbonyl (C=O) groups excluding carboxylic acids is 1. The van der Waals surface area contributed by atoms with Crippen LogP contribution >= 0.6 is 11.3 Å². The first kappa shape index (κ1) is 16.8. The lowest BCUT2D eigenvalue weighted by molar-refractivity contribution is 0.0751. The maximum absolute atomic E-state index is 13.0. The number of aromatic nitrogens is 2. The maximum atomic E-state index is 13.0. The minimum absolute atomic E-state index is 0.00438. The van der Waals surface area contributed by atoms with E-state index in [9.17, 15) is 9.59 Å². The van der Waals surface area contributed by atoms with Gasteiger partial charge >= 0.3 is 0 Å². The molecule has 2 aromatic heterocycles. The molecular formula is C19H20N4O2S. The molecule has 0 spiro atoms. The fraction of sp³-hybridized carbons (Fsp3) is 0.316. The second-order valence-electron chi connectivity index (χ2n) is 6.50. The second kappa shape index (κ2) is 6.57. The molecule has 1 amide bonds. The lowest BCUT2D eigenvalue weighted by atomic mass is 10.2. The van der Waals surface area contributed by atoms with E-state index in [1.54, 1.807) is 6.92 Å². The van der Waals surface area contributed by atoms with Crippen molar-refractivity contribution in [2.75, 3.05) is 31.1 Å². The maximum Gasteiger partial charge on any atom is 0.264 e. The molecule has 1 N–H and O–H groups in total. The lowest BCUT2D eigenvalue weighted by Gasteiger charge is -2.36. The molecule has 0 saturated carbocycles. The molecule has 134 valence electrons. The average molecular weight is 368 g/mol. The van der Waals surface area contributed by atoms with Crippen LogP contribution in [0.5, 0.6) is 0 Å². The van der Waals surface area contributed by atoms with Gasteiger partial charge in [-0.05, 0) is 31.5 Å². The third-order valence-corrected chi connectivity index (χ3v) is 5.98. The normalized spacial score (nSPS) is 14.8. The third-order valence-electron chi connectivity index (χ3n) is 4.80. The van der Waals surface area contributed by atoms with E-state index in [1.165, 1.54) is 17.0 Å². The molecule has 4 rings (SSSR count). The van der Waals surface area contributed by atoms with Crippen LogP contribution in [0, 0.1) is 13.8 Å². The van der Waals surface area contributed by atoms with E-state index < -0.39 is 0 Å². The Hall–Kier alpha value is -2.67. The van der Waals surface area contributed by atoms with Gasteiger partial charge in [-0.15, -0.1) is 11.3 Å². The first-order chi connectivity index (χ1) is 12.5. The largest absolute Gasteiger partial charge is 0.368 e. The van der Waals surface area contributed by atoms with Crippen LogP contribution in [0.2, 0.25) is 0 Å². The number of benzene rings is 1. The van der Waals surface area contributed by atoms with Gasteiger partial charge in [-0.25, -0.2) is 4.98 Å². The van der Waals surface area contributed by atoms with Crippen LogP contribution in [-0.4, -0.2) is 47.0 Å². The lowest BCUT2D eigenvalue weighted by Crippen LogP contribution is -2.48. The summed E-state index contributed by atoms with van der Waals surface area (Å²) in [4.78, 5) is 37.7. The minimum atomic E-state index is -0.172. The number of aryl methyl sites for hydroxylation is 2. The van der Waals surface area contributed by atoms with Gasteiger partial charge in [0.2, 0.25) is 0 Å². The highest BCUT2D eigenvalue weighted by Crippen LogP contribution is 2.28. The van der Waals surface area contributed by atoms with Crippen LogP contribution in [0.4, 0.5) is 5.69 Å². The molecule has 0 radical (unpaired) electrons. The number of hydrogen-bond donors (Lipinski definition) is 1. The Morgan fingerprint density at radius 2 is 1.81 bits per heavy atom. The molecule has 1 fully saturated rings. The van der Waals surface area contributed by atoms with Gasteiger partial charge in [-0.3, -0.25) is 9.59 Å². The van der Waals surface area contributed by atoms with Crippen LogP contribution in [0.1, 0.15) is 21.1 Å². The summed E-state index contributed by atoms with van der Waals surface area (Å²) in [5, 5.41) is 0.534. The number of piperazine rings is 1. The topological polar surface area (TPSA) is 69.3 Å². The highest BCUT2D eigenvalue weighted by molar-refractivity contribution is 7.20. The summed E-state index contributed by atoms with van der Waals surface area (Å²) < 4.78 is 0. The Balaban J connectivity index is 1.56. The van der Waals surface area contributed by atoms with Crippen molar-refractivity contribution in [3.8, 4) is 0 Å². The molecule has 1 aromatic carbocycles. The minimum Gasteiger partial charge on any atom is -0.368 e. The zero-order chi connectivity index (χ0) is 18.3. The number of para-hydroxylation sites is 1. The average Bonchev–Trinajstić information content (AvgIpc) is 2.98. The van der Waals surface area contributed by atoms with Gasteiger partial charge in [-0.2, -0.15) is 0 Å². The Morgan fingerprint density at radius 1 is 1.12 bits per heavy atom. The Labute approximate surface area is 155 Å². The summed E-state index contributed by atoms with van der Waals surface area (Å²) in [5.74, 6) is 0.564. The van der Waals surface area contributed by atoms with Crippen molar-refractivity contribution in [2.24, 2.45) is 0 Å². The predicted molar refractivity (Wildman–Crippen MR) is 104 cm³/mol. The van der Waals surface area contributed by atoms with Crippen LogP contribution in [0.25, 0.3) is 10.2 Å². The summed E-state index contributed by atoms with van der Waals surface area (Å²) in [6.07, 6.45) is 0. The van der Waals surface area contributed by atoms with E-state index in [0.29, 0.717) is 34.0 Å². The fourth-order valence-electron chi connectivity index (χ4n) is 3.41. The fourth-order valence-corrected chi connectivity index (χ4v) is 4.60. The molecule has 3 aromatic rings. The van der Waals surface area contributed by atoms with Crippen molar-refractivity contribution in [3.63, 3.8) is 0 Å². The molecule has 0 atom stereocenters. The third kappa shape index (κ3) is 2.88. The molecule has 1 aliphatic heterocycles. The van der Waals surface area contributed by atoms with E-state index in [-0.39, 0.29) is 11.5 Å². The zero-order valence-electron chi connectivity index (χ0n) is 14.8. The van der Waals surface area contributed by atoms with Crippen LogP contribution < -0.4 is 10.5 Å². The smallest absolute Gasteiger partial charge is 0.264 e. The molecule has 7 heteroatoms. The number of fused-ring (bicyclic) bond motifs is 1. The first-order valence-corrected chi connectivity index (χ1v) is 9.45. The van der Waals surface area contributed by atoms with Gasteiger partial charge in [0, 0.05) is 31.9 Å². The quantitative estimate of drug-likeness (QED) is 0.755. The summed E-state index contributed by atoms with van der Waals surface area (Å²) >= 11 is 1.32. The molecule has 1 aliphatic rings. The van der Waals surface area contributed by atoms with Crippen molar-refractivity contribution >= 4 is 33.1 Å². The van der Waals surface area contributed by atoms with Crippen molar-refractivity contribution in [2.45, 2.75) is 13.8 Å². The number of hydrogen-bond acceptors (Lipinski definition) is 5. The number of thiophene rings is 1. The number of H-pyrrole nitrogens is 1. The summed E-state index contributed by atoms with van der Waals surface area (Å²) in [6.45, 7) is 6.53. The summed E-state index contributed by atoms with van der Waals surface area (Å²) in [6, 6.07) is 10.2. The van der Waals surface area contributed by atoms with Crippen LogP contribution in [0.15, 0.2) is 35.1 Å². The standard InChI is InChI=1S/C19H20N4O2S/c1-12-15-17(24)20-13(2)21-18(15)26-16(12)19(25)23-10-8-22(9-11-23)14-6-4-3-5-7-14/h3-7H,8-11H2,1-2H3,(H,20,21,24). The molecule has 26 heavy (non-hydrogen) atoms. The highest BCUT2D eigenvalue weighted by atomic mass is 32.1. The van der Waals surface area contributed by atoms with Crippen LogP contribution in [-0.2, 0) is 0 Å². The Kier molecular flexibility index (Phi) is 4.24. The summed E-state index contributed by atoms with van der Waals surface area (Å²) in [7, 11) is 0. The number of carbonyl (C=O) groups is 1.